The number of para-hydroxylation sites is 1. The second-order valence-electron chi connectivity index (χ2n) is 6.96. The summed E-state index contributed by atoms with van der Waals surface area (Å²) in [5, 5.41) is 0.610. The standard InChI is InChI=1S/C22H19ClF3N3OS2/c1-27-32(30,17-9-6-15(7-10-17)22(24,25)26)28-12-13-29-18-4-2-3-5-20(18)31-21-11-8-16(23)14-19(21)29/h2-11,14H,12-13H2,1H3,(H,27,28,30). The van der Waals surface area contributed by atoms with Gasteiger partial charge in [0.1, 0.15) is 9.92 Å². The first-order valence-electron chi connectivity index (χ1n) is 9.62. The minimum absolute atomic E-state index is 0.200. The Kier molecular flexibility index (Phi) is 6.44. The van der Waals surface area contributed by atoms with Gasteiger partial charge < -0.3 is 4.90 Å². The van der Waals surface area contributed by atoms with E-state index in [0.29, 0.717) is 11.6 Å². The normalized spacial score (nSPS) is 15.0. The van der Waals surface area contributed by atoms with E-state index in [0.717, 1.165) is 33.3 Å². The fourth-order valence-corrected chi connectivity index (χ4v) is 6.04. The van der Waals surface area contributed by atoms with E-state index in [-0.39, 0.29) is 11.4 Å². The average molecular weight is 498 g/mol. The average Bonchev–Trinajstić information content (AvgIpc) is 2.78. The third-order valence-corrected chi connectivity index (χ3v) is 8.37. The molecule has 0 saturated heterocycles. The Labute approximate surface area is 194 Å². The minimum atomic E-state index is -4.45. The molecule has 0 saturated carbocycles. The van der Waals surface area contributed by atoms with E-state index >= 15 is 0 Å². The first-order chi connectivity index (χ1) is 15.2. The van der Waals surface area contributed by atoms with Crippen molar-refractivity contribution in [1.82, 2.24) is 4.72 Å². The molecule has 10 heteroatoms. The van der Waals surface area contributed by atoms with Crippen LogP contribution in [0.1, 0.15) is 5.56 Å². The summed E-state index contributed by atoms with van der Waals surface area (Å²) in [4.78, 5) is 4.43. The van der Waals surface area contributed by atoms with E-state index < -0.39 is 21.7 Å². The van der Waals surface area contributed by atoms with Crippen molar-refractivity contribution in [2.45, 2.75) is 20.9 Å². The quantitative estimate of drug-likeness (QED) is 0.430. The lowest BCUT2D eigenvalue weighted by Crippen LogP contribution is -2.33. The molecule has 0 aromatic heterocycles. The monoisotopic (exact) mass is 497 g/mol. The zero-order valence-corrected chi connectivity index (χ0v) is 19.3. The fourth-order valence-electron chi connectivity index (χ4n) is 3.42. The van der Waals surface area contributed by atoms with Gasteiger partial charge in [0.25, 0.3) is 0 Å². The number of rotatable bonds is 5. The second kappa shape index (κ2) is 8.97. The van der Waals surface area contributed by atoms with Gasteiger partial charge in [-0.25, -0.2) is 13.3 Å². The molecule has 4 nitrogen and oxygen atoms in total. The molecule has 1 atom stereocenters. The molecule has 168 valence electrons. The third kappa shape index (κ3) is 4.61. The summed E-state index contributed by atoms with van der Waals surface area (Å²) in [5.41, 5.74) is 1.15. The van der Waals surface area contributed by atoms with Crippen LogP contribution in [0.5, 0.6) is 0 Å². The number of nitrogens with zero attached hydrogens (tertiary/aromatic N) is 2. The number of hydrogen-bond donors (Lipinski definition) is 1. The Balaban J connectivity index is 1.56. The molecule has 1 unspecified atom stereocenters. The molecule has 32 heavy (non-hydrogen) atoms. The molecule has 0 spiro atoms. The lowest BCUT2D eigenvalue weighted by Gasteiger charge is -2.33. The molecule has 3 aromatic carbocycles. The summed E-state index contributed by atoms with van der Waals surface area (Å²) in [6, 6.07) is 17.9. The molecule has 0 fully saturated rings. The highest BCUT2D eigenvalue weighted by molar-refractivity contribution is 7.99. The third-order valence-electron chi connectivity index (χ3n) is 4.98. The number of fused-ring (bicyclic) bond motifs is 2. The lowest BCUT2D eigenvalue weighted by molar-refractivity contribution is -0.137. The Bertz CT molecular complexity index is 1260. The van der Waals surface area contributed by atoms with Crippen LogP contribution >= 0.6 is 23.4 Å². The van der Waals surface area contributed by atoms with Gasteiger partial charge in [0.05, 0.1) is 21.8 Å². The maximum Gasteiger partial charge on any atom is 0.416 e. The van der Waals surface area contributed by atoms with Crippen molar-refractivity contribution in [3.63, 3.8) is 0 Å². The van der Waals surface area contributed by atoms with Crippen molar-refractivity contribution in [3.05, 3.63) is 77.3 Å². The van der Waals surface area contributed by atoms with Crippen molar-refractivity contribution in [3.8, 4) is 0 Å². The maximum absolute atomic E-state index is 13.3. The van der Waals surface area contributed by atoms with E-state index in [1.54, 1.807) is 11.8 Å². The maximum atomic E-state index is 13.3. The SMILES string of the molecule is CN=S(=O)(NCCN1c2ccccc2Sc2ccc(Cl)cc21)c1ccc(C(F)(F)F)cc1. The summed E-state index contributed by atoms with van der Waals surface area (Å²) >= 11 is 7.88. The van der Waals surface area contributed by atoms with Crippen molar-refractivity contribution in [2.75, 3.05) is 25.0 Å². The minimum Gasteiger partial charge on any atom is -0.338 e. The predicted molar refractivity (Wildman–Crippen MR) is 123 cm³/mol. The van der Waals surface area contributed by atoms with Gasteiger partial charge in [-0.3, -0.25) is 0 Å². The Morgan fingerprint density at radius 1 is 1.03 bits per heavy atom. The summed E-state index contributed by atoms with van der Waals surface area (Å²) in [6.45, 7) is 0.736. The van der Waals surface area contributed by atoms with Crippen LogP contribution in [0.2, 0.25) is 5.02 Å². The molecule has 0 bridgehead atoms. The van der Waals surface area contributed by atoms with Crippen molar-refractivity contribution < 1.29 is 17.4 Å². The predicted octanol–water partition coefficient (Wildman–Crippen LogP) is 6.62. The zero-order valence-electron chi connectivity index (χ0n) is 16.9. The smallest absolute Gasteiger partial charge is 0.338 e. The summed E-state index contributed by atoms with van der Waals surface area (Å²) < 4.78 is 58.8. The van der Waals surface area contributed by atoms with Gasteiger partial charge in [0.15, 0.2) is 0 Å². The number of halogens is 4. The molecule has 1 heterocycles. The highest BCUT2D eigenvalue weighted by Crippen LogP contribution is 2.48. The van der Waals surface area contributed by atoms with E-state index in [2.05, 4.69) is 14.0 Å². The Hall–Kier alpha value is -2.20. The van der Waals surface area contributed by atoms with Crippen LogP contribution in [0.25, 0.3) is 0 Å². The first-order valence-corrected chi connectivity index (χ1v) is 12.3. The number of alkyl halides is 3. The van der Waals surface area contributed by atoms with Gasteiger partial charge >= 0.3 is 6.18 Å². The molecule has 0 amide bonds. The summed E-state index contributed by atoms with van der Waals surface area (Å²) in [5.74, 6) is 0. The van der Waals surface area contributed by atoms with Gasteiger partial charge in [0, 0.05) is 35.0 Å². The summed E-state index contributed by atoms with van der Waals surface area (Å²) in [6.07, 6.45) is -4.45. The summed E-state index contributed by atoms with van der Waals surface area (Å²) in [7, 11) is -1.70. The van der Waals surface area contributed by atoms with Crippen LogP contribution < -0.4 is 9.62 Å². The van der Waals surface area contributed by atoms with Crippen LogP contribution in [0, 0.1) is 0 Å². The van der Waals surface area contributed by atoms with Crippen molar-refractivity contribution in [1.29, 1.82) is 0 Å². The number of nitrogens with one attached hydrogen (secondary N) is 1. The lowest BCUT2D eigenvalue weighted by atomic mass is 10.2. The molecule has 0 aliphatic carbocycles. The second-order valence-corrected chi connectivity index (χ2v) is 10.7. The van der Waals surface area contributed by atoms with Crippen LogP contribution in [-0.4, -0.2) is 24.3 Å². The molecular weight excluding hydrogens is 479 g/mol. The van der Waals surface area contributed by atoms with Crippen LogP contribution in [0.15, 0.2) is 85.8 Å². The molecule has 0 radical (unpaired) electrons. The Morgan fingerprint density at radius 2 is 1.72 bits per heavy atom. The van der Waals surface area contributed by atoms with Crippen LogP contribution in [0.3, 0.4) is 0 Å². The van der Waals surface area contributed by atoms with Crippen molar-refractivity contribution in [2.24, 2.45) is 4.36 Å². The van der Waals surface area contributed by atoms with Gasteiger partial charge in [0.2, 0.25) is 0 Å². The fraction of sp³-hybridized carbons (Fsp3) is 0.182. The number of anilines is 2. The Morgan fingerprint density at radius 3 is 2.41 bits per heavy atom. The number of benzene rings is 3. The molecule has 1 aliphatic heterocycles. The van der Waals surface area contributed by atoms with E-state index in [1.807, 2.05) is 42.5 Å². The molecular formula is C22H19ClF3N3OS2. The molecule has 1 aliphatic rings. The zero-order chi connectivity index (χ0) is 22.9. The van der Waals surface area contributed by atoms with Gasteiger partial charge in [-0.05, 0) is 54.6 Å². The van der Waals surface area contributed by atoms with Crippen LogP contribution in [0.4, 0.5) is 24.5 Å². The van der Waals surface area contributed by atoms with E-state index in [9.17, 15) is 17.4 Å². The topological polar surface area (TPSA) is 44.7 Å². The van der Waals surface area contributed by atoms with Crippen molar-refractivity contribution >= 4 is 44.7 Å². The highest BCUT2D eigenvalue weighted by atomic mass is 35.5. The molecule has 4 rings (SSSR count). The number of hydrogen-bond acceptors (Lipinski definition) is 4. The van der Waals surface area contributed by atoms with Gasteiger partial charge in [-0.2, -0.15) is 13.2 Å². The largest absolute Gasteiger partial charge is 0.416 e. The highest BCUT2D eigenvalue weighted by Gasteiger charge is 2.30. The molecule has 1 N–H and O–H groups in total. The first kappa shape index (κ1) is 23.0. The van der Waals surface area contributed by atoms with Gasteiger partial charge in [-0.15, -0.1) is 0 Å². The van der Waals surface area contributed by atoms with E-state index in [1.165, 1.54) is 19.2 Å². The van der Waals surface area contributed by atoms with E-state index in [4.69, 9.17) is 11.6 Å². The molecule has 3 aromatic rings. The van der Waals surface area contributed by atoms with Crippen LogP contribution in [-0.2, 0) is 16.1 Å². The van der Waals surface area contributed by atoms with Gasteiger partial charge in [-0.1, -0.05) is 35.5 Å².